The molecule has 3 aromatic rings. The van der Waals surface area contributed by atoms with Crippen molar-refractivity contribution in [1.29, 1.82) is 0 Å². The predicted octanol–water partition coefficient (Wildman–Crippen LogP) is 5.16. The van der Waals surface area contributed by atoms with Gasteiger partial charge in [-0.2, -0.15) is 0 Å². The molecule has 0 spiro atoms. The number of nitrogens with zero attached hydrogens (tertiary/aromatic N) is 2. The number of carbonyl (C=O) groups is 1. The number of fused-ring (bicyclic) bond motifs is 2. The number of aryl methyl sites for hydroxylation is 2. The summed E-state index contributed by atoms with van der Waals surface area (Å²) in [5, 5.41) is 0. The monoisotopic (exact) mass is 545 g/mol. The van der Waals surface area contributed by atoms with E-state index >= 15 is 0 Å². The van der Waals surface area contributed by atoms with Gasteiger partial charge in [0.2, 0.25) is 6.29 Å². The fourth-order valence-electron chi connectivity index (χ4n) is 7.16. The van der Waals surface area contributed by atoms with Crippen molar-refractivity contribution in [1.82, 2.24) is 14.8 Å². The Kier molecular flexibility index (Phi) is 6.77. The maximum atomic E-state index is 14.7. The van der Waals surface area contributed by atoms with Gasteiger partial charge in [-0.3, -0.25) is 9.59 Å². The molecule has 6 rings (SSSR count). The molecule has 1 saturated carbocycles. The van der Waals surface area contributed by atoms with Gasteiger partial charge in [-0.1, -0.05) is 0 Å². The summed E-state index contributed by atoms with van der Waals surface area (Å²) in [5.41, 5.74) is 5.66. The van der Waals surface area contributed by atoms with Crippen molar-refractivity contribution in [2.24, 2.45) is 0 Å². The van der Waals surface area contributed by atoms with Gasteiger partial charge in [-0.05, 0) is 103 Å². The maximum Gasteiger partial charge on any atom is 0.255 e. The van der Waals surface area contributed by atoms with Gasteiger partial charge in [0, 0.05) is 41.9 Å². The maximum absolute atomic E-state index is 14.7. The standard InChI is InChI=1S/C32H39N3O5/c1-17-14-18(2)33-31(36)24(17)15-23-16-25-27(32(37)35(23)22-11-9-21(10-12-22)34(5)6)19(3)29-30(40-20(4)39-29)28(25)26-8-7-13-38-26/h7-8,13-14,20-23H,9-12,15-16H2,1-6H3,(H,33,36). The molecule has 4 heterocycles. The average Bonchev–Trinajstić information content (AvgIpc) is 3.56. The number of H-pyrrole nitrogens is 1. The number of benzene rings is 1. The Morgan fingerprint density at radius 3 is 2.40 bits per heavy atom. The largest absolute Gasteiger partial charge is 0.464 e. The molecule has 1 amide bonds. The quantitative estimate of drug-likeness (QED) is 0.477. The molecule has 1 aliphatic carbocycles. The second kappa shape index (κ2) is 10.1. The fourth-order valence-corrected chi connectivity index (χ4v) is 7.16. The zero-order valence-corrected chi connectivity index (χ0v) is 24.3. The highest BCUT2D eigenvalue weighted by Crippen LogP contribution is 2.51. The molecule has 1 N–H and O–H groups in total. The van der Waals surface area contributed by atoms with Crippen LogP contribution in [0.3, 0.4) is 0 Å². The molecule has 8 nitrogen and oxygen atoms in total. The second-order valence-corrected chi connectivity index (χ2v) is 11.9. The van der Waals surface area contributed by atoms with E-state index in [0.717, 1.165) is 59.2 Å². The summed E-state index contributed by atoms with van der Waals surface area (Å²) in [7, 11) is 4.26. The van der Waals surface area contributed by atoms with E-state index in [1.807, 2.05) is 45.9 Å². The van der Waals surface area contributed by atoms with Gasteiger partial charge in [0.1, 0.15) is 5.76 Å². The molecule has 2 aliphatic heterocycles. The minimum Gasteiger partial charge on any atom is -0.464 e. The van der Waals surface area contributed by atoms with Crippen LogP contribution in [0.15, 0.2) is 33.7 Å². The topological polar surface area (TPSA) is 88.0 Å². The number of amides is 1. The summed E-state index contributed by atoms with van der Waals surface area (Å²) in [6.07, 6.45) is 6.24. The van der Waals surface area contributed by atoms with E-state index in [4.69, 9.17) is 13.9 Å². The highest BCUT2D eigenvalue weighted by atomic mass is 16.7. The molecule has 1 aromatic carbocycles. The zero-order valence-electron chi connectivity index (χ0n) is 24.3. The SMILES string of the molecule is Cc1cc(C)c(CC2Cc3c(c(C)c4c(c3-c3ccco3)OC(C)O4)C(=O)N2C2CCC(N(C)C)CC2)c(=O)[nH]1. The number of nitrogens with one attached hydrogen (secondary N) is 1. The number of aromatic amines is 1. The van der Waals surface area contributed by atoms with E-state index in [0.29, 0.717) is 41.7 Å². The lowest BCUT2D eigenvalue weighted by molar-refractivity contribution is 0.0423. The van der Waals surface area contributed by atoms with E-state index in [1.54, 1.807) is 6.26 Å². The Bertz CT molecular complexity index is 1500. The lowest BCUT2D eigenvalue weighted by Crippen LogP contribution is -2.54. The van der Waals surface area contributed by atoms with Crippen molar-refractivity contribution in [3.05, 3.63) is 68.3 Å². The highest BCUT2D eigenvalue weighted by Gasteiger charge is 2.44. The predicted molar refractivity (Wildman–Crippen MR) is 153 cm³/mol. The smallest absolute Gasteiger partial charge is 0.255 e. The van der Waals surface area contributed by atoms with Crippen LogP contribution in [0, 0.1) is 20.8 Å². The van der Waals surface area contributed by atoms with Crippen molar-refractivity contribution in [2.75, 3.05) is 14.1 Å². The minimum atomic E-state index is -0.455. The van der Waals surface area contributed by atoms with E-state index in [-0.39, 0.29) is 23.6 Å². The van der Waals surface area contributed by atoms with E-state index in [2.05, 4.69) is 28.9 Å². The lowest BCUT2D eigenvalue weighted by atomic mass is 9.80. The summed E-state index contributed by atoms with van der Waals surface area (Å²) in [5.74, 6) is 1.92. The van der Waals surface area contributed by atoms with Crippen LogP contribution in [0.25, 0.3) is 11.3 Å². The van der Waals surface area contributed by atoms with Crippen LogP contribution in [-0.4, -0.2) is 59.2 Å². The Morgan fingerprint density at radius 2 is 1.75 bits per heavy atom. The Labute approximate surface area is 235 Å². The molecule has 0 saturated heterocycles. The zero-order chi connectivity index (χ0) is 28.3. The molecule has 40 heavy (non-hydrogen) atoms. The van der Waals surface area contributed by atoms with E-state index in [1.165, 1.54) is 0 Å². The minimum absolute atomic E-state index is 0.0111. The fraction of sp³-hybridized carbons (Fsp3) is 0.500. The number of pyridine rings is 1. The van der Waals surface area contributed by atoms with Gasteiger partial charge in [0.15, 0.2) is 11.5 Å². The Morgan fingerprint density at radius 1 is 1.02 bits per heavy atom. The van der Waals surface area contributed by atoms with Crippen LogP contribution in [0.1, 0.15) is 70.9 Å². The molecule has 2 aromatic heterocycles. The summed E-state index contributed by atoms with van der Waals surface area (Å²) < 4.78 is 18.1. The lowest BCUT2D eigenvalue weighted by Gasteiger charge is -2.46. The van der Waals surface area contributed by atoms with Gasteiger partial charge in [-0.15, -0.1) is 0 Å². The molecule has 2 atom stereocenters. The number of ether oxygens (including phenoxy) is 2. The first-order valence-electron chi connectivity index (χ1n) is 14.4. The van der Waals surface area contributed by atoms with Crippen molar-refractivity contribution in [3.8, 4) is 22.8 Å². The van der Waals surface area contributed by atoms with Gasteiger partial charge >= 0.3 is 0 Å². The number of hydrogen-bond acceptors (Lipinski definition) is 6. The molecular formula is C32H39N3O5. The van der Waals surface area contributed by atoms with Crippen LogP contribution in [0.2, 0.25) is 0 Å². The van der Waals surface area contributed by atoms with Crippen LogP contribution < -0.4 is 15.0 Å². The summed E-state index contributed by atoms with van der Waals surface area (Å²) >= 11 is 0. The first kappa shape index (κ1) is 26.7. The van der Waals surface area contributed by atoms with E-state index < -0.39 is 6.29 Å². The third kappa shape index (κ3) is 4.42. The summed E-state index contributed by atoms with van der Waals surface area (Å²) in [6.45, 7) is 7.70. The number of hydrogen-bond donors (Lipinski definition) is 1. The normalized spacial score (nSPS) is 24.1. The van der Waals surface area contributed by atoms with Gasteiger partial charge in [0.25, 0.3) is 11.5 Å². The third-order valence-electron chi connectivity index (χ3n) is 9.09. The van der Waals surface area contributed by atoms with Crippen molar-refractivity contribution < 1.29 is 18.7 Å². The number of rotatable bonds is 5. The molecule has 1 fully saturated rings. The second-order valence-electron chi connectivity index (χ2n) is 11.9. The molecular weight excluding hydrogens is 506 g/mol. The van der Waals surface area contributed by atoms with Crippen LogP contribution >= 0.6 is 0 Å². The number of furan rings is 1. The molecule has 0 radical (unpaired) electrons. The van der Waals surface area contributed by atoms with Crippen LogP contribution in [0.5, 0.6) is 11.5 Å². The van der Waals surface area contributed by atoms with Crippen molar-refractivity contribution >= 4 is 5.91 Å². The van der Waals surface area contributed by atoms with E-state index in [9.17, 15) is 9.59 Å². The highest BCUT2D eigenvalue weighted by molar-refractivity contribution is 6.02. The van der Waals surface area contributed by atoms with Gasteiger partial charge in [-0.25, -0.2) is 0 Å². The Balaban J connectivity index is 1.49. The molecule has 0 bridgehead atoms. The first-order valence-corrected chi connectivity index (χ1v) is 14.4. The first-order chi connectivity index (χ1) is 19.1. The van der Waals surface area contributed by atoms with Gasteiger partial charge < -0.3 is 28.7 Å². The third-order valence-corrected chi connectivity index (χ3v) is 9.09. The van der Waals surface area contributed by atoms with Crippen molar-refractivity contribution in [2.45, 2.75) is 90.6 Å². The van der Waals surface area contributed by atoms with Crippen molar-refractivity contribution in [3.63, 3.8) is 0 Å². The molecule has 3 aliphatic rings. The number of aromatic nitrogens is 1. The summed E-state index contributed by atoms with van der Waals surface area (Å²) in [4.78, 5) is 35.2. The molecule has 212 valence electrons. The molecule has 2 unspecified atom stereocenters. The molecule has 8 heteroatoms. The Hall–Kier alpha value is -3.52. The van der Waals surface area contributed by atoms with Crippen LogP contribution in [-0.2, 0) is 12.8 Å². The number of carbonyl (C=O) groups excluding carboxylic acids is 1. The average molecular weight is 546 g/mol. The van der Waals surface area contributed by atoms with Gasteiger partial charge in [0.05, 0.1) is 17.4 Å². The summed E-state index contributed by atoms with van der Waals surface area (Å²) in [6, 6.07) is 6.23. The van der Waals surface area contributed by atoms with Crippen LogP contribution in [0.4, 0.5) is 0 Å².